The molecule has 0 aliphatic rings. The van der Waals surface area contributed by atoms with Crippen LogP contribution in [-0.2, 0) is 9.47 Å². The zero-order chi connectivity index (χ0) is 25.7. The van der Waals surface area contributed by atoms with Crippen molar-refractivity contribution in [3.63, 3.8) is 0 Å². The van der Waals surface area contributed by atoms with Crippen LogP contribution in [0.1, 0.15) is 5.56 Å². The number of hydrogen-bond donors (Lipinski definition) is 1. The van der Waals surface area contributed by atoms with Gasteiger partial charge in [0.2, 0.25) is 11.5 Å². The predicted molar refractivity (Wildman–Crippen MR) is 133 cm³/mol. The molecule has 190 valence electrons. The van der Waals surface area contributed by atoms with E-state index in [1.807, 2.05) is 37.3 Å². The summed E-state index contributed by atoms with van der Waals surface area (Å²) < 4.78 is 39.0. The van der Waals surface area contributed by atoms with Crippen molar-refractivity contribution in [2.75, 3.05) is 48.4 Å². The van der Waals surface area contributed by atoms with Gasteiger partial charge in [0.15, 0.2) is 18.3 Å². The molecule has 0 unspecified atom stereocenters. The van der Waals surface area contributed by atoms with Crippen LogP contribution in [0.2, 0.25) is 0 Å². The lowest BCUT2D eigenvalue weighted by atomic mass is 9.98. The number of H-pyrrole nitrogens is 1. The van der Waals surface area contributed by atoms with Crippen LogP contribution in [-0.4, -0.2) is 58.4 Å². The number of methoxy groups -OCH3 is 4. The van der Waals surface area contributed by atoms with Gasteiger partial charge in [0, 0.05) is 24.4 Å². The molecular weight excluding hydrogens is 468 g/mol. The van der Waals surface area contributed by atoms with Crippen LogP contribution in [0.25, 0.3) is 33.6 Å². The van der Waals surface area contributed by atoms with Crippen LogP contribution in [0.4, 0.5) is 0 Å². The van der Waals surface area contributed by atoms with Gasteiger partial charge in [-0.1, -0.05) is 12.1 Å². The standard InChI is InChI=1S/C26H28N2O8/c1-15-6-7-16(10-19(15)35-14-34-9-8-30-2)23-22(18-13-27-26(29)28-25(18)36-23)17-11-20(31-3)24(33-5)21(12-17)32-4/h6-7,10-13H,8-9,14H2,1-5H3,(H,27,28,29). The van der Waals surface area contributed by atoms with E-state index in [0.717, 1.165) is 16.7 Å². The first-order chi connectivity index (χ1) is 17.5. The van der Waals surface area contributed by atoms with Crippen LogP contribution < -0.4 is 24.6 Å². The van der Waals surface area contributed by atoms with Gasteiger partial charge in [-0.25, -0.2) is 9.78 Å². The summed E-state index contributed by atoms with van der Waals surface area (Å²) in [5.74, 6) is 2.56. The number of aromatic amines is 1. The summed E-state index contributed by atoms with van der Waals surface area (Å²) in [6, 6.07) is 9.33. The van der Waals surface area contributed by atoms with E-state index in [1.54, 1.807) is 28.4 Å². The molecule has 1 N–H and O–H groups in total. The van der Waals surface area contributed by atoms with Gasteiger partial charge in [0.25, 0.3) is 0 Å². The molecule has 2 heterocycles. The van der Waals surface area contributed by atoms with E-state index in [-0.39, 0.29) is 6.79 Å². The largest absolute Gasteiger partial charge is 0.493 e. The van der Waals surface area contributed by atoms with E-state index >= 15 is 0 Å². The average molecular weight is 497 g/mol. The Hall–Kier alpha value is -4.02. The minimum atomic E-state index is -0.514. The van der Waals surface area contributed by atoms with Crippen molar-refractivity contribution in [2.24, 2.45) is 0 Å². The van der Waals surface area contributed by atoms with E-state index in [9.17, 15) is 4.79 Å². The summed E-state index contributed by atoms with van der Waals surface area (Å²) in [5, 5.41) is 0.616. The van der Waals surface area contributed by atoms with Crippen molar-refractivity contribution in [3.8, 4) is 45.4 Å². The molecule has 4 aromatic rings. The molecule has 2 aromatic heterocycles. The van der Waals surface area contributed by atoms with E-state index in [0.29, 0.717) is 58.6 Å². The average Bonchev–Trinajstić information content (AvgIpc) is 3.27. The molecule has 10 nitrogen and oxygen atoms in total. The van der Waals surface area contributed by atoms with Crippen molar-refractivity contribution in [3.05, 3.63) is 52.6 Å². The van der Waals surface area contributed by atoms with E-state index in [2.05, 4.69) is 9.97 Å². The maximum absolute atomic E-state index is 11.9. The molecule has 0 amide bonds. The Morgan fingerprint density at radius 3 is 2.31 bits per heavy atom. The van der Waals surface area contributed by atoms with Gasteiger partial charge in [0.1, 0.15) is 11.5 Å². The molecule has 0 saturated carbocycles. The Morgan fingerprint density at radius 2 is 1.64 bits per heavy atom. The second-order valence-electron chi connectivity index (χ2n) is 7.79. The number of fused-ring (bicyclic) bond motifs is 1. The SMILES string of the molecule is COCCOCOc1cc(-c2oc3[nH]c(=O)ncc3c2-c2cc(OC)c(OC)c(OC)c2)ccc1C. The van der Waals surface area contributed by atoms with Crippen LogP contribution >= 0.6 is 0 Å². The highest BCUT2D eigenvalue weighted by molar-refractivity contribution is 6.00. The van der Waals surface area contributed by atoms with Crippen molar-refractivity contribution in [1.82, 2.24) is 9.97 Å². The Labute approximate surface area is 207 Å². The predicted octanol–water partition coefficient (Wildman–Crippen LogP) is 4.18. The highest BCUT2D eigenvalue weighted by Crippen LogP contribution is 2.46. The van der Waals surface area contributed by atoms with Gasteiger partial charge in [-0.2, -0.15) is 0 Å². The highest BCUT2D eigenvalue weighted by Gasteiger charge is 2.23. The van der Waals surface area contributed by atoms with Gasteiger partial charge < -0.3 is 32.8 Å². The first-order valence-corrected chi connectivity index (χ1v) is 11.1. The number of furan rings is 1. The van der Waals surface area contributed by atoms with E-state index in [4.69, 9.17) is 32.8 Å². The molecule has 0 bridgehead atoms. The summed E-state index contributed by atoms with van der Waals surface area (Å²) >= 11 is 0. The smallest absolute Gasteiger partial charge is 0.347 e. The maximum Gasteiger partial charge on any atom is 0.347 e. The van der Waals surface area contributed by atoms with Crippen LogP contribution in [0, 0.1) is 6.92 Å². The van der Waals surface area contributed by atoms with Gasteiger partial charge in [-0.05, 0) is 36.2 Å². The fraction of sp³-hybridized carbons (Fsp3) is 0.308. The molecule has 0 atom stereocenters. The Morgan fingerprint density at radius 1 is 0.917 bits per heavy atom. The lowest BCUT2D eigenvalue weighted by molar-refractivity contribution is -0.00873. The number of benzene rings is 2. The quantitative estimate of drug-likeness (QED) is 0.241. The Kier molecular flexibility index (Phi) is 7.77. The number of aromatic nitrogens is 2. The molecule has 0 radical (unpaired) electrons. The monoisotopic (exact) mass is 496 g/mol. The summed E-state index contributed by atoms with van der Waals surface area (Å²) in [6.07, 6.45) is 1.48. The Balaban J connectivity index is 1.86. The minimum absolute atomic E-state index is 0.0742. The molecule has 0 saturated heterocycles. The number of hydrogen-bond acceptors (Lipinski definition) is 9. The summed E-state index contributed by atoms with van der Waals surface area (Å²) in [4.78, 5) is 18.5. The molecule has 10 heteroatoms. The molecule has 2 aromatic carbocycles. The van der Waals surface area contributed by atoms with Crippen molar-refractivity contribution >= 4 is 11.1 Å². The Bertz CT molecular complexity index is 1380. The fourth-order valence-corrected chi connectivity index (χ4v) is 3.83. The van der Waals surface area contributed by atoms with Gasteiger partial charge >= 0.3 is 5.69 Å². The van der Waals surface area contributed by atoms with Crippen LogP contribution in [0.5, 0.6) is 23.0 Å². The van der Waals surface area contributed by atoms with E-state index in [1.165, 1.54) is 6.20 Å². The minimum Gasteiger partial charge on any atom is -0.493 e. The molecule has 0 aliphatic heterocycles. The summed E-state index contributed by atoms with van der Waals surface area (Å²) in [7, 11) is 6.25. The lowest BCUT2D eigenvalue weighted by Gasteiger charge is -2.15. The summed E-state index contributed by atoms with van der Waals surface area (Å²) in [6.45, 7) is 2.91. The topological polar surface area (TPSA) is 114 Å². The van der Waals surface area contributed by atoms with Gasteiger partial charge in [-0.3, -0.25) is 4.98 Å². The highest BCUT2D eigenvalue weighted by atomic mass is 16.7. The van der Waals surface area contributed by atoms with Gasteiger partial charge in [-0.15, -0.1) is 0 Å². The molecule has 0 aliphatic carbocycles. The molecule has 36 heavy (non-hydrogen) atoms. The molecule has 4 rings (SSSR count). The van der Waals surface area contributed by atoms with Crippen LogP contribution in [0.3, 0.4) is 0 Å². The third kappa shape index (κ3) is 5.00. The number of aryl methyl sites for hydroxylation is 1. The van der Waals surface area contributed by atoms with Crippen molar-refractivity contribution < 1.29 is 32.8 Å². The van der Waals surface area contributed by atoms with Crippen molar-refractivity contribution in [1.29, 1.82) is 0 Å². The zero-order valence-electron chi connectivity index (χ0n) is 20.8. The normalized spacial score (nSPS) is 11.0. The third-order valence-corrected chi connectivity index (χ3v) is 5.61. The third-order valence-electron chi connectivity index (χ3n) is 5.61. The van der Waals surface area contributed by atoms with Crippen molar-refractivity contribution in [2.45, 2.75) is 6.92 Å². The molecular formula is C26H28N2O8. The summed E-state index contributed by atoms with van der Waals surface area (Å²) in [5.41, 5.74) is 2.85. The number of nitrogens with zero attached hydrogens (tertiary/aromatic N) is 1. The molecule has 0 fully saturated rings. The van der Waals surface area contributed by atoms with Crippen LogP contribution in [0.15, 0.2) is 45.7 Å². The second-order valence-corrected chi connectivity index (χ2v) is 7.79. The molecule has 0 spiro atoms. The fourth-order valence-electron chi connectivity index (χ4n) is 3.83. The second kappa shape index (κ2) is 11.1. The van der Waals surface area contributed by atoms with Gasteiger partial charge in [0.05, 0.1) is 39.9 Å². The van der Waals surface area contributed by atoms with E-state index < -0.39 is 5.69 Å². The number of nitrogens with one attached hydrogen (secondary N) is 1. The zero-order valence-corrected chi connectivity index (χ0v) is 20.8. The lowest BCUT2D eigenvalue weighted by Crippen LogP contribution is -2.08. The first kappa shape index (κ1) is 25.1. The first-order valence-electron chi connectivity index (χ1n) is 11.1. The number of rotatable bonds is 11. The number of ether oxygens (including phenoxy) is 6. The maximum atomic E-state index is 11.9.